The van der Waals surface area contributed by atoms with E-state index in [-0.39, 0.29) is 12.3 Å². The van der Waals surface area contributed by atoms with E-state index in [2.05, 4.69) is 29.5 Å². The lowest BCUT2D eigenvalue weighted by atomic mass is 10.1. The maximum absolute atomic E-state index is 12.6. The number of carbonyl (C=O) groups is 1. The number of nitrogens with zero attached hydrogens (tertiary/aromatic N) is 2. The molecule has 0 unspecified atom stereocenters. The van der Waals surface area contributed by atoms with Gasteiger partial charge in [-0.1, -0.05) is 41.4 Å². The second-order valence-electron chi connectivity index (χ2n) is 7.04. The molecule has 2 aromatic carbocycles. The molecule has 4 rings (SSSR count). The van der Waals surface area contributed by atoms with Crippen LogP contribution in [0.1, 0.15) is 23.1 Å². The van der Waals surface area contributed by atoms with Gasteiger partial charge in [0, 0.05) is 12.5 Å². The van der Waals surface area contributed by atoms with E-state index in [4.69, 9.17) is 21.1 Å². The molecule has 29 heavy (non-hydrogen) atoms. The number of aryl methyl sites for hydroxylation is 1. The van der Waals surface area contributed by atoms with E-state index in [1.807, 2.05) is 18.2 Å². The zero-order valence-corrected chi connectivity index (χ0v) is 16.9. The molecular weight excluding hydrogens is 390 g/mol. The number of nitrogens with one attached hydrogen (secondary N) is 1. The topological polar surface area (TPSA) is 65.4 Å². The van der Waals surface area contributed by atoms with Gasteiger partial charge in [0.1, 0.15) is 5.82 Å². The lowest BCUT2D eigenvalue weighted by molar-refractivity contribution is -0.115. The molecule has 0 fully saturated rings. The highest BCUT2D eigenvalue weighted by molar-refractivity contribution is 6.32. The van der Waals surface area contributed by atoms with Crippen molar-refractivity contribution in [2.24, 2.45) is 0 Å². The summed E-state index contributed by atoms with van der Waals surface area (Å²) in [5.74, 6) is 1.63. The van der Waals surface area contributed by atoms with Crippen LogP contribution in [0.25, 0.3) is 0 Å². The van der Waals surface area contributed by atoms with Crippen molar-refractivity contribution in [1.29, 1.82) is 0 Å². The van der Waals surface area contributed by atoms with Crippen molar-refractivity contribution in [2.75, 3.05) is 18.5 Å². The number of ether oxygens (including phenoxy) is 2. The third-order valence-corrected chi connectivity index (χ3v) is 4.91. The minimum Gasteiger partial charge on any atom is -0.489 e. The standard InChI is InChI=1S/C22H22ClN3O3/c1-15-4-2-5-16(10-15)14-26-20(6-7-24-26)25-21(27)13-17-11-18(23)22-19(12-17)28-8-3-9-29-22/h2,4-7,10-12H,3,8-9,13-14H2,1H3,(H,25,27). The zero-order valence-electron chi connectivity index (χ0n) is 16.2. The van der Waals surface area contributed by atoms with Crippen molar-refractivity contribution in [2.45, 2.75) is 26.3 Å². The second kappa shape index (κ2) is 8.57. The first-order valence-corrected chi connectivity index (χ1v) is 9.91. The minimum atomic E-state index is -0.151. The Labute approximate surface area is 174 Å². The summed E-state index contributed by atoms with van der Waals surface area (Å²) in [4.78, 5) is 12.6. The van der Waals surface area contributed by atoms with Gasteiger partial charge < -0.3 is 14.8 Å². The molecule has 0 aliphatic carbocycles. The molecule has 1 aromatic heterocycles. The van der Waals surface area contributed by atoms with Crippen LogP contribution in [0.3, 0.4) is 0 Å². The summed E-state index contributed by atoms with van der Waals surface area (Å²) >= 11 is 6.32. The number of amides is 1. The van der Waals surface area contributed by atoms with Gasteiger partial charge in [-0.25, -0.2) is 4.68 Å². The highest BCUT2D eigenvalue weighted by Crippen LogP contribution is 2.38. The van der Waals surface area contributed by atoms with Gasteiger partial charge in [0.2, 0.25) is 5.91 Å². The van der Waals surface area contributed by atoms with E-state index < -0.39 is 0 Å². The molecule has 0 radical (unpaired) electrons. The number of halogens is 1. The molecule has 1 aliphatic heterocycles. The first kappa shape index (κ1) is 19.3. The Morgan fingerprint density at radius 3 is 2.90 bits per heavy atom. The fourth-order valence-corrected chi connectivity index (χ4v) is 3.59. The fraction of sp³-hybridized carbons (Fsp3) is 0.273. The Hall–Kier alpha value is -2.99. The summed E-state index contributed by atoms with van der Waals surface area (Å²) in [5, 5.41) is 7.72. The number of benzene rings is 2. The molecule has 0 saturated carbocycles. The Kier molecular flexibility index (Phi) is 5.71. The van der Waals surface area contributed by atoms with Gasteiger partial charge in [-0.05, 0) is 30.2 Å². The average Bonchev–Trinajstić information content (AvgIpc) is 2.95. The summed E-state index contributed by atoms with van der Waals surface area (Å²) in [7, 11) is 0. The van der Waals surface area contributed by atoms with Crippen LogP contribution in [0, 0.1) is 6.92 Å². The maximum Gasteiger partial charge on any atom is 0.229 e. The summed E-state index contributed by atoms with van der Waals surface area (Å²) in [6, 6.07) is 13.6. The first-order chi connectivity index (χ1) is 14.1. The van der Waals surface area contributed by atoms with Crippen LogP contribution in [0.4, 0.5) is 5.82 Å². The van der Waals surface area contributed by atoms with Gasteiger partial charge >= 0.3 is 0 Å². The minimum absolute atomic E-state index is 0.151. The summed E-state index contributed by atoms with van der Waals surface area (Å²) in [5.41, 5.74) is 3.08. The Balaban J connectivity index is 1.45. The van der Waals surface area contributed by atoms with E-state index in [0.717, 1.165) is 17.5 Å². The molecule has 6 nitrogen and oxygen atoms in total. The zero-order chi connectivity index (χ0) is 20.2. The monoisotopic (exact) mass is 411 g/mol. The van der Waals surface area contributed by atoms with Crippen LogP contribution in [-0.2, 0) is 17.8 Å². The predicted octanol–water partition coefficient (Wildman–Crippen LogP) is 4.24. The van der Waals surface area contributed by atoms with Crippen molar-refractivity contribution in [3.8, 4) is 11.5 Å². The van der Waals surface area contributed by atoms with Gasteiger partial charge in [-0.2, -0.15) is 5.10 Å². The largest absolute Gasteiger partial charge is 0.489 e. The van der Waals surface area contributed by atoms with Crippen LogP contribution in [-0.4, -0.2) is 28.9 Å². The average molecular weight is 412 g/mol. The van der Waals surface area contributed by atoms with E-state index in [1.165, 1.54) is 5.56 Å². The van der Waals surface area contributed by atoms with E-state index in [9.17, 15) is 4.79 Å². The fourth-order valence-electron chi connectivity index (χ4n) is 3.31. The number of anilines is 1. The Bertz CT molecular complexity index is 1030. The number of rotatable bonds is 5. The summed E-state index contributed by atoms with van der Waals surface area (Å²) in [6.45, 7) is 3.77. The number of carbonyl (C=O) groups excluding carboxylic acids is 1. The summed E-state index contributed by atoms with van der Waals surface area (Å²) in [6.07, 6.45) is 2.65. The highest BCUT2D eigenvalue weighted by atomic mass is 35.5. The number of hydrogen-bond acceptors (Lipinski definition) is 4. The van der Waals surface area contributed by atoms with Gasteiger partial charge in [0.25, 0.3) is 0 Å². The predicted molar refractivity (Wildman–Crippen MR) is 112 cm³/mol. The van der Waals surface area contributed by atoms with Crippen LogP contribution in [0.15, 0.2) is 48.7 Å². The van der Waals surface area contributed by atoms with E-state index in [1.54, 1.807) is 23.0 Å². The molecule has 1 aliphatic rings. The van der Waals surface area contributed by atoms with Crippen LogP contribution in [0.5, 0.6) is 11.5 Å². The van der Waals surface area contributed by atoms with Crippen molar-refractivity contribution in [3.63, 3.8) is 0 Å². The molecule has 0 saturated heterocycles. The van der Waals surface area contributed by atoms with Crippen LogP contribution in [0.2, 0.25) is 5.02 Å². The molecule has 0 spiro atoms. The lowest BCUT2D eigenvalue weighted by Gasteiger charge is -2.12. The Morgan fingerprint density at radius 1 is 1.17 bits per heavy atom. The van der Waals surface area contributed by atoms with E-state index >= 15 is 0 Å². The molecule has 0 bridgehead atoms. The molecular formula is C22H22ClN3O3. The van der Waals surface area contributed by atoms with Crippen molar-refractivity contribution < 1.29 is 14.3 Å². The third-order valence-electron chi connectivity index (χ3n) is 4.63. The smallest absolute Gasteiger partial charge is 0.229 e. The van der Waals surface area contributed by atoms with Gasteiger partial charge in [0.15, 0.2) is 11.5 Å². The molecule has 0 atom stereocenters. The number of aromatic nitrogens is 2. The number of fused-ring (bicyclic) bond motifs is 1. The maximum atomic E-state index is 12.6. The van der Waals surface area contributed by atoms with Gasteiger partial charge in [0.05, 0.1) is 37.4 Å². The molecule has 3 aromatic rings. The number of hydrogen-bond donors (Lipinski definition) is 1. The van der Waals surface area contributed by atoms with Gasteiger partial charge in [-0.3, -0.25) is 4.79 Å². The SMILES string of the molecule is Cc1cccc(Cn2nccc2NC(=O)Cc2cc(Cl)c3c(c2)OCCCO3)c1. The Morgan fingerprint density at radius 2 is 2.03 bits per heavy atom. The van der Waals surface area contributed by atoms with Crippen molar-refractivity contribution in [1.82, 2.24) is 9.78 Å². The van der Waals surface area contributed by atoms with Crippen molar-refractivity contribution in [3.05, 3.63) is 70.4 Å². The molecule has 150 valence electrons. The van der Waals surface area contributed by atoms with Crippen LogP contribution < -0.4 is 14.8 Å². The molecule has 1 N–H and O–H groups in total. The first-order valence-electron chi connectivity index (χ1n) is 9.54. The summed E-state index contributed by atoms with van der Waals surface area (Å²) < 4.78 is 13.1. The third kappa shape index (κ3) is 4.71. The second-order valence-corrected chi connectivity index (χ2v) is 7.45. The molecule has 2 heterocycles. The van der Waals surface area contributed by atoms with Gasteiger partial charge in [-0.15, -0.1) is 0 Å². The van der Waals surface area contributed by atoms with E-state index in [0.29, 0.717) is 42.1 Å². The van der Waals surface area contributed by atoms with Crippen molar-refractivity contribution >= 4 is 23.3 Å². The highest BCUT2D eigenvalue weighted by Gasteiger charge is 2.17. The quantitative estimate of drug-likeness (QED) is 0.682. The molecule has 7 heteroatoms. The lowest BCUT2D eigenvalue weighted by Crippen LogP contribution is -2.18. The molecule has 1 amide bonds. The van der Waals surface area contributed by atoms with Crippen LogP contribution >= 0.6 is 11.6 Å². The normalized spacial score (nSPS) is 13.0.